The Bertz CT molecular complexity index is 933. The van der Waals surface area contributed by atoms with Gasteiger partial charge in [-0.15, -0.1) is 0 Å². The molecule has 0 saturated carbocycles. The number of halogens is 2. The molecule has 3 rings (SSSR count). The highest BCUT2D eigenvalue weighted by Gasteiger charge is 2.20. The topological polar surface area (TPSA) is 61.4 Å². The monoisotopic (exact) mass is 415 g/mol. The van der Waals surface area contributed by atoms with E-state index in [1.54, 1.807) is 25.1 Å². The predicted molar refractivity (Wildman–Crippen MR) is 112 cm³/mol. The van der Waals surface area contributed by atoms with Crippen LogP contribution in [0.25, 0.3) is 0 Å². The Kier molecular flexibility index (Phi) is 7.15. The number of carbonyl (C=O) groups excluding carboxylic acids is 2. The van der Waals surface area contributed by atoms with Crippen LogP contribution < -0.4 is 10.6 Å². The third kappa shape index (κ3) is 5.42. The summed E-state index contributed by atoms with van der Waals surface area (Å²) in [6.45, 7) is 3.48. The van der Waals surface area contributed by atoms with Crippen LogP contribution in [0.1, 0.15) is 40.7 Å². The van der Waals surface area contributed by atoms with E-state index in [9.17, 15) is 18.4 Å². The fourth-order valence-electron chi connectivity index (χ4n) is 3.75. The minimum absolute atomic E-state index is 0.0177. The van der Waals surface area contributed by atoms with Crippen molar-refractivity contribution in [2.75, 3.05) is 25.5 Å². The third-order valence-corrected chi connectivity index (χ3v) is 5.59. The first-order chi connectivity index (χ1) is 14.3. The van der Waals surface area contributed by atoms with Crippen molar-refractivity contribution in [3.8, 4) is 0 Å². The zero-order valence-electron chi connectivity index (χ0n) is 17.3. The van der Waals surface area contributed by atoms with Crippen molar-refractivity contribution in [2.24, 2.45) is 0 Å². The van der Waals surface area contributed by atoms with Crippen LogP contribution in [0.4, 0.5) is 14.5 Å². The summed E-state index contributed by atoms with van der Waals surface area (Å²) in [5, 5.41) is 5.62. The number of amides is 2. The molecule has 1 heterocycles. The first kappa shape index (κ1) is 21.9. The lowest BCUT2D eigenvalue weighted by Crippen LogP contribution is -2.31. The van der Waals surface area contributed by atoms with Gasteiger partial charge in [-0.25, -0.2) is 8.78 Å². The molecule has 0 aliphatic carbocycles. The van der Waals surface area contributed by atoms with E-state index in [4.69, 9.17) is 0 Å². The summed E-state index contributed by atoms with van der Waals surface area (Å²) in [6, 6.07) is 9.30. The van der Waals surface area contributed by atoms with Crippen LogP contribution in [0.2, 0.25) is 0 Å². The van der Waals surface area contributed by atoms with Crippen molar-refractivity contribution in [2.45, 2.75) is 38.6 Å². The van der Waals surface area contributed by atoms with Crippen molar-refractivity contribution in [1.29, 1.82) is 0 Å². The van der Waals surface area contributed by atoms with Gasteiger partial charge in [-0.2, -0.15) is 0 Å². The van der Waals surface area contributed by atoms with Crippen molar-refractivity contribution in [3.63, 3.8) is 0 Å². The molecule has 7 heteroatoms. The van der Waals surface area contributed by atoms with Crippen LogP contribution in [0, 0.1) is 18.6 Å². The average Bonchev–Trinajstić information content (AvgIpc) is 3.12. The Morgan fingerprint density at radius 2 is 2.00 bits per heavy atom. The first-order valence-corrected chi connectivity index (χ1v) is 10.2. The maximum absolute atomic E-state index is 13.8. The fraction of sp³-hybridized carbons (Fsp3) is 0.391. The molecule has 2 aromatic carbocycles. The first-order valence-electron chi connectivity index (χ1n) is 10.2. The Morgan fingerprint density at radius 1 is 1.20 bits per heavy atom. The van der Waals surface area contributed by atoms with Crippen molar-refractivity contribution in [1.82, 2.24) is 10.2 Å². The van der Waals surface area contributed by atoms with Crippen LogP contribution in [0.5, 0.6) is 0 Å². The summed E-state index contributed by atoms with van der Waals surface area (Å²) in [4.78, 5) is 27.1. The number of hydrogen-bond donors (Lipinski definition) is 2. The number of aryl methyl sites for hydroxylation is 1. The van der Waals surface area contributed by atoms with Crippen molar-refractivity contribution >= 4 is 17.5 Å². The number of rotatable bonds is 7. The van der Waals surface area contributed by atoms with Gasteiger partial charge in [-0.05, 0) is 63.5 Å². The summed E-state index contributed by atoms with van der Waals surface area (Å²) in [7, 11) is 2.10. The molecule has 30 heavy (non-hydrogen) atoms. The molecule has 1 atom stereocenters. The molecule has 1 saturated heterocycles. The predicted octanol–water partition coefficient (Wildman–Crippen LogP) is 3.67. The van der Waals surface area contributed by atoms with E-state index in [0.717, 1.165) is 31.0 Å². The third-order valence-electron chi connectivity index (χ3n) is 5.59. The van der Waals surface area contributed by atoms with E-state index >= 15 is 0 Å². The lowest BCUT2D eigenvalue weighted by Gasteiger charge is -2.19. The van der Waals surface area contributed by atoms with Gasteiger partial charge in [0, 0.05) is 29.4 Å². The van der Waals surface area contributed by atoms with E-state index in [0.29, 0.717) is 23.8 Å². The van der Waals surface area contributed by atoms with E-state index < -0.39 is 17.5 Å². The molecule has 2 amide bonds. The molecular formula is C23H27F2N3O2. The normalized spacial score (nSPS) is 16.5. The smallest absolute Gasteiger partial charge is 0.251 e. The zero-order valence-corrected chi connectivity index (χ0v) is 17.3. The highest BCUT2D eigenvalue weighted by molar-refractivity contribution is 5.98. The van der Waals surface area contributed by atoms with Crippen molar-refractivity contribution < 1.29 is 18.4 Å². The summed E-state index contributed by atoms with van der Waals surface area (Å²) < 4.78 is 27.1. The van der Waals surface area contributed by atoms with Gasteiger partial charge in [0.05, 0.1) is 6.42 Å². The summed E-state index contributed by atoms with van der Waals surface area (Å²) in [5.74, 6) is -2.70. The summed E-state index contributed by atoms with van der Waals surface area (Å²) >= 11 is 0. The van der Waals surface area contributed by atoms with Gasteiger partial charge in [0.1, 0.15) is 0 Å². The van der Waals surface area contributed by atoms with Gasteiger partial charge >= 0.3 is 0 Å². The molecular weight excluding hydrogens is 388 g/mol. The number of likely N-dealkylation sites (tertiary alicyclic amines) is 1. The second-order valence-corrected chi connectivity index (χ2v) is 7.79. The molecule has 1 fully saturated rings. The Morgan fingerprint density at radius 3 is 2.73 bits per heavy atom. The van der Waals surface area contributed by atoms with Crippen LogP contribution in [-0.2, 0) is 11.2 Å². The highest BCUT2D eigenvalue weighted by atomic mass is 19.2. The largest absolute Gasteiger partial charge is 0.352 e. The van der Waals surface area contributed by atoms with Crippen LogP contribution in [0.15, 0.2) is 36.4 Å². The number of benzene rings is 2. The molecule has 2 N–H and O–H groups in total. The van der Waals surface area contributed by atoms with Gasteiger partial charge in [-0.3, -0.25) is 9.59 Å². The number of anilines is 1. The second kappa shape index (κ2) is 9.80. The number of nitrogens with one attached hydrogen (secondary N) is 2. The Hall–Kier alpha value is -2.80. The quantitative estimate of drug-likeness (QED) is 0.725. The van der Waals surface area contributed by atoms with Crippen LogP contribution >= 0.6 is 0 Å². The highest BCUT2D eigenvalue weighted by Crippen LogP contribution is 2.19. The molecule has 1 aliphatic rings. The molecule has 1 aliphatic heterocycles. The lowest BCUT2D eigenvalue weighted by atomic mass is 10.1. The second-order valence-electron chi connectivity index (χ2n) is 7.79. The van der Waals surface area contributed by atoms with Gasteiger partial charge in [0.15, 0.2) is 11.6 Å². The zero-order chi connectivity index (χ0) is 21.7. The Balaban J connectivity index is 1.59. The van der Waals surface area contributed by atoms with Crippen molar-refractivity contribution in [3.05, 3.63) is 64.7 Å². The minimum Gasteiger partial charge on any atom is -0.352 e. The average molecular weight is 415 g/mol. The van der Waals surface area contributed by atoms with Gasteiger partial charge in [-0.1, -0.05) is 18.2 Å². The molecule has 0 radical (unpaired) electrons. The number of nitrogens with zero attached hydrogens (tertiary/aromatic N) is 1. The number of hydrogen-bond acceptors (Lipinski definition) is 3. The van der Waals surface area contributed by atoms with Gasteiger partial charge < -0.3 is 15.5 Å². The van der Waals surface area contributed by atoms with E-state index in [1.807, 2.05) is 0 Å². The van der Waals surface area contributed by atoms with Crippen LogP contribution in [0.3, 0.4) is 0 Å². The molecule has 0 bridgehead atoms. The van der Waals surface area contributed by atoms with Gasteiger partial charge in [0.2, 0.25) is 5.91 Å². The number of carbonyl (C=O) groups is 2. The minimum atomic E-state index is -1.02. The van der Waals surface area contributed by atoms with E-state index in [2.05, 4.69) is 22.6 Å². The maximum Gasteiger partial charge on any atom is 0.251 e. The van der Waals surface area contributed by atoms with Crippen LogP contribution in [-0.4, -0.2) is 42.9 Å². The molecule has 2 aromatic rings. The summed E-state index contributed by atoms with van der Waals surface area (Å²) in [5.41, 5.74) is 1.66. The summed E-state index contributed by atoms with van der Waals surface area (Å²) in [6.07, 6.45) is 2.94. The molecule has 0 aromatic heterocycles. The molecule has 0 spiro atoms. The lowest BCUT2D eigenvalue weighted by molar-refractivity contribution is -0.115. The SMILES string of the molecule is Cc1ccc(C(=O)NCCC2CCCN2C)cc1NC(=O)Cc1cccc(F)c1F. The fourth-order valence-corrected chi connectivity index (χ4v) is 3.75. The Labute approximate surface area is 175 Å². The maximum atomic E-state index is 13.8. The van der Waals surface area contributed by atoms with E-state index in [1.165, 1.54) is 18.6 Å². The van der Waals surface area contributed by atoms with E-state index in [-0.39, 0.29) is 17.9 Å². The van der Waals surface area contributed by atoms with Gasteiger partial charge in [0.25, 0.3) is 5.91 Å². The standard InChI is InChI=1S/C23H27F2N3O2/c1-15-8-9-17(23(30)26-11-10-18-6-4-12-28(18)2)13-20(15)27-21(29)14-16-5-3-7-19(24)22(16)25/h3,5,7-9,13,18H,4,6,10-12,14H2,1-2H3,(H,26,30)(H,27,29). The molecule has 160 valence electrons. The molecule has 1 unspecified atom stereocenters. The molecule has 5 nitrogen and oxygen atoms in total.